The number of ether oxygens (including phenoxy) is 1. The summed E-state index contributed by atoms with van der Waals surface area (Å²) in [6, 6.07) is 6.31. The summed E-state index contributed by atoms with van der Waals surface area (Å²) in [4.78, 5) is 2.55. The highest BCUT2D eigenvalue weighted by Gasteiger charge is 2.17. The first-order chi connectivity index (χ1) is 10.0. The molecule has 0 amide bonds. The molecule has 3 nitrogen and oxygen atoms in total. The summed E-state index contributed by atoms with van der Waals surface area (Å²) in [5.74, 6) is 1.46. The normalized spacial score (nSPS) is 11.6. The standard InChI is InChI=1S/C18H31NO2/c1-6-16(7-2)19(12-14(4)5)13-15-9-10-17(20)18(11-15)21-8-3/h9-11,14,16,20H,6-8,12-13H2,1-5H3. The second-order valence-corrected chi connectivity index (χ2v) is 6.03. The van der Waals surface area contributed by atoms with Gasteiger partial charge in [-0.15, -0.1) is 0 Å². The molecule has 0 fully saturated rings. The van der Waals surface area contributed by atoms with Gasteiger partial charge < -0.3 is 9.84 Å². The van der Waals surface area contributed by atoms with E-state index in [2.05, 4.69) is 32.6 Å². The summed E-state index contributed by atoms with van der Waals surface area (Å²) in [5, 5.41) is 9.81. The Balaban J connectivity index is 2.89. The molecule has 0 aliphatic carbocycles. The van der Waals surface area contributed by atoms with Crippen LogP contribution >= 0.6 is 0 Å². The van der Waals surface area contributed by atoms with Crippen molar-refractivity contribution in [2.75, 3.05) is 13.2 Å². The zero-order valence-electron chi connectivity index (χ0n) is 14.2. The summed E-state index contributed by atoms with van der Waals surface area (Å²) in [6.07, 6.45) is 2.33. The highest BCUT2D eigenvalue weighted by Crippen LogP contribution is 2.28. The number of phenolic OH excluding ortho intramolecular Hbond substituents is 1. The van der Waals surface area contributed by atoms with E-state index in [0.717, 1.165) is 13.1 Å². The van der Waals surface area contributed by atoms with Gasteiger partial charge in [-0.25, -0.2) is 0 Å². The van der Waals surface area contributed by atoms with Crippen LogP contribution in [0, 0.1) is 5.92 Å². The van der Waals surface area contributed by atoms with E-state index < -0.39 is 0 Å². The van der Waals surface area contributed by atoms with Crippen LogP contribution in [0.25, 0.3) is 0 Å². The number of aromatic hydroxyl groups is 1. The van der Waals surface area contributed by atoms with E-state index in [-0.39, 0.29) is 5.75 Å². The summed E-state index contributed by atoms with van der Waals surface area (Å²) in [7, 11) is 0. The van der Waals surface area contributed by atoms with Gasteiger partial charge in [-0.2, -0.15) is 0 Å². The number of rotatable bonds is 9. The van der Waals surface area contributed by atoms with Gasteiger partial charge in [-0.05, 0) is 43.4 Å². The molecule has 0 saturated heterocycles. The van der Waals surface area contributed by atoms with Crippen LogP contribution in [0.5, 0.6) is 11.5 Å². The number of hydrogen-bond donors (Lipinski definition) is 1. The monoisotopic (exact) mass is 293 g/mol. The quantitative estimate of drug-likeness (QED) is 0.730. The van der Waals surface area contributed by atoms with Gasteiger partial charge in [0.05, 0.1) is 6.61 Å². The largest absolute Gasteiger partial charge is 0.504 e. The van der Waals surface area contributed by atoms with Crippen molar-refractivity contribution in [2.24, 2.45) is 5.92 Å². The predicted octanol–water partition coefficient (Wildman–Crippen LogP) is 4.44. The van der Waals surface area contributed by atoms with Crippen LogP contribution in [-0.4, -0.2) is 29.2 Å². The van der Waals surface area contributed by atoms with Crippen molar-refractivity contribution in [3.05, 3.63) is 23.8 Å². The number of benzene rings is 1. The Bertz CT molecular complexity index is 414. The molecule has 1 rings (SSSR count). The van der Waals surface area contributed by atoms with E-state index in [0.29, 0.717) is 24.3 Å². The number of phenols is 1. The van der Waals surface area contributed by atoms with Crippen LogP contribution in [0.3, 0.4) is 0 Å². The molecule has 0 aromatic heterocycles. The maximum atomic E-state index is 9.81. The predicted molar refractivity (Wildman–Crippen MR) is 88.9 cm³/mol. The fourth-order valence-corrected chi connectivity index (χ4v) is 2.78. The lowest BCUT2D eigenvalue weighted by Crippen LogP contribution is -2.36. The summed E-state index contributed by atoms with van der Waals surface area (Å²) in [5.41, 5.74) is 1.20. The van der Waals surface area contributed by atoms with Crippen LogP contribution in [0.2, 0.25) is 0 Å². The summed E-state index contributed by atoms with van der Waals surface area (Å²) < 4.78 is 5.48. The van der Waals surface area contributed by atoms with Crippen molar-refractivity contribution in [1.82, 2.24) is 4.90 Å². The van der Waals surface area contributed by atoms with Gasteiger partial charge in [-0.3, -0.25) is 4.90 Å². The highest BCUT2D eigenvalue weighted by atomic mass is 16.5. The second kappa shape index (κ2) is 8.93. The molecule has 21 heavy (non-hydrogen) atoms. The van der Waals surface area contributed by atoms with Gasteiger partial charge in [0.15, 0.2) is 11.5 Å². The molecular formula is C18H31NO2. The minimum absolute atomic E-state index is 0.221. The third-order valence-electron chi connectivity index (χ3n) is 3.77. The third kappa shape index (κ3) is 5.58. The molecule has 0 spiro atoms. The van der Waals surface area contributed by atoms with Crippen LogP contribution < -0.4 is 4.74 Å². The Kier molecular flexibility index (Phi) is 7.58. The molecule has 1 aromatic rings. The molecule has 1 aromatic carbocycles. The van der Waals surface area contributed by atoms with E-state index in [1.54, 1.807) is 6.07 Å². The fourth-order valence-electron chi connectivity index (χ4n) is 2.78. The van der Waals surface area contributed by atoms with E-state index in [1.807, 2.05) is 19.1 Å². The molecule has 0 radical (unpaired) electrons. The van der Waals surface area contributed by atoms with E-state index in [4.69, 9.17) is 4.74 Å². The fraction of sp³-hybridized carbons (Fsp3) is 0.667. The molecule has 120 valence electrons. The highest BCUT2D eigenvalue weighted by molar-refractivity contribution is 5.41. The van der Waals surface area contributed by atoms with Crippen molar-refractivity contribution < 1.29 is 9.84 Å². The smallest absolute Gasteiger partial charge is 0.161 e. The van der Waals surface area contributed by atoms with E-state index >= 15 is 0 Å². The molecular weight excluding hydrogens is 262 g/mol. The lowest BCUT2D eigenvalue weighted by Gasteiger charge is -2.32. The van der Waals surface area contributed by atoms with Crippen molar-refractivity contribution in [1.29, 1.82) is 0 Å². The van der Waals surface area contributed by atoms with E-state index in [9.17, 15) is 5.11 Å². The van der Waals surface area contributed by atoms with Gasteiger partial charge in [-0.1, -0.05) is 33.8 Å². The molecule has 3 heteroatoms. The molecule has 0 atom stereocenters. The van der Waals surface area contributed by atoms with Gasteiger partial charge in [0.1, 0.15) is 0 Å². The van der Waals surface area contributed by atoms with Crippen LogP contribution in [0.4, 0.5) is 0 Å². The average Bonchev–Trinajstić information content (AvgIpc) is 2.43. The molecule has 0 unspecified atom stereocenters. The first-order valence-electron chi connectivity index (χ1n) is 8.20. The van der Waals surface area contributed by atoms with Crippen LogP contribution in [-0.2, 0) is 6.54 Å². The van der Waals surface area contributed by atoms with Crippen LogP contribution in [0.1, 0.15) is 53.0 Å². The topological polar surface area (TPSA) is 32.7 Å². The van der Waals surface area contributed by atoms with Gasteiger partial charge in [0, 0.05) is 19.1 Å². The first-order valence-corrected chi connectivity index (χ1v) is 8.20. The van der Waals surface area contributed by atoms with Gasteiger partial charge in [0.2, 0.25) is 0 Å². The van der Waals surface area contributed by atoms with Gasteiger partial charge >= 0.3 is 0 Å². The molecule has 0 aliphatic heterocycles. The zero-order chi connectivity index (χ0) is 15.8. The van der Waals surface area contributed by atoms with Crippen molar-refractivity contribution in [3.63, 3.8) is 0 Å². The van der Waals surface area contributed by atoms with Crippen molar-refractivity contribution in [2.45, 2.75) is 60.0 Å². The van der Waals surface area contributed by atoms with E-state index in [1.165, 1.54) is 18.4 Å². The minimum Gasteiger partial charge on any atom is -0.504 e. The van der Waals surface area contributed by atoms with Crippen LogP contribution in [0.15, 0.2) is 18.2 Å². The molecule has 1 N–H and O–H groups in total. The lowest BCUT2D eigenvalue weighted by atomic mass is 10.1. The Morgan fingerprint density at radius 1 is 1.14 bits per heavy atom. The van der Waals surface area contributed by atoms with Crippen molar-refractivity contribution in [3.8, 4) is 11.5 Å². The molecule has 0 saturated carbocycles. The maximum Gasteiger partial charge on any atom is 0.161 e. The number of nitrogens with zero attached hydrogens (tertiary/aromatic N) is 1. The second-order valence-electron chi connectivity index (χ2n) is 6.03. The molecule has 0 aliphatic rings. The van der Waals surface area contributed by atoms with Crippen molar-refractivity contribution >= 4 is 0 Å². The Morgan fingerprint density at radius 2 is 1.81 bits per heavy atom. The first kappa shape index (κ1) is 17.8. The molecule has 0 bridgehead atoms. The number of hydrogen-bond acceptors (Lipinski definition) is 3. The Morgan fingerprint density at radius 3 is 2.33 bits per heavy atom. The summed E-state index contributed by atoms with van der Waals surface area (Å²) >= 11 is 0. The maximum absolute atomic E-state index is 9.81. The molecule has 0 heterocycles. The average molecular weight is 293 g/mol. The Hall–Kier alpha value is -1.22. The van der Waals surface area contributed by atoms with Gasteiger partial charge in [0.25, 0.3) is 0 Å². The Labute approximate surface area is 129 Å². The minimum atomic E-state index is 0.221. The zero-order valence-corrected chi connectivity index (χ0v) is 14.2. The summed E-state index contributed by atoms with van der Waals surface area (Å²) in [6.45, 7) is 13.5. The SMILES string of the molecule is CCOc1cc(CN(CC(C)C)C(CC)CC)ccc1O. The lowest BCUT2D eigenvalue weighted by molar-refractivity contribution is 0.157. The third-order valence-corrected chi connectivity index (χ3v) is 3.77.